The van der Waals surface area contributed by atoms with Crippen LogP contribution >= 0.6 is 22.6 Å². The highest BCUT2D eigenvalue weighted by Crippen LogP contribution is 2.21. The Labute approximate surface area is 96.4 Å². The summed E-state index contributed by atoms with van der Waals surface area (Å²) in [4.78, 5) is 10.8. The fraction of sp³-hybridized carbons (Fsp3) is 0.556. The smallest absolute Gasteiger partial charge is 0.340 e. The van der Waals surface area contributed by atoms with E-state index in [-0.39, 0.29) is 5.56 Å². The van der Waals surface area contributed by atoms with Crippen molar-refractivity contribution < 1.29 is 9.90 Å². The molecule has 0 fully saturated rings. The van der Waals surface area contributed by atoms with E-state index in [1.165, 1.54) is 6.20 Å². The van der Waals surface area contributed by atoms with E-state index in [1.54, 1.807) is 4.68 Å². The average Bonchev–Trinajstić information content (AvgIpc) is 2.51. The standard InChI is InChI=1S/C9H13IN2O2/c1-3-6(4-2)12-8(10)7(5-11-12)9(13)14/h5-6H,3-4H2,1-2H3,(H,13,14). The third-order valence-electron chi connectivity index (χ3n) is 2.25. The van der Waals surface area contributed by atoms with Gasteiger partial charge in [0.25, 0.3) is 0 Å². The molecule has 0 radical (unpaired) electrons. The number of hydrogen-bond acceptors (Lipinski definition) is 2. The lowest BCUT2D eigenvalue weighted by Gasteiger charge is -2.14. The van der Waals surface area contributed by atoms with Crippen molar-refractivity contribution >= 4 is 28.6 Å². The zero-order chi connectivity index (χ0) is 10.7. The van der Waals surface area contributed by atoms with Gasteiger partial charge in [-0.3, -0.25) is 4.68 Å². The van der Waals surface area contributed by atoms with Gasteiger partial charge in [0.15, 0.2) is 0 Å². The monoisotopic (exact) mass is 308 g/mol. The minimum absolute atomic E-state index is 0.289. The van der Waals surface area contributed by atoms with E-state index >= 15 is 0 Å². The van der Waals surface area contributed by atoms with Crippen LogP contribution in [0.15, 0.2) is 6.20 Å². The van der Waals surface area contributed by atoms with Crippen LogP contribution < -0.4 is 0 Å². The number of carboxylic acid groups (broad SMARTS) is 1. The van der Waals surface area contributed by atoms with Crippen LogP contribution in [0.3, 0.4) is 0 Å². The van der Waals surface area contributed by atoms with Gasteiger partial charge in [-0.25, -0.2) is 4.79 Å². The molecule has 14 heavy (non-hydrogen) atoms. The fourth-order valence-electron chi connectivity index (χ4n) is 1.38. The van der Waals surface area contributed by atoms with Crippen molar-refractivity contribution in [2.45, 2.75) is 32.7 Å². The maximum absolute atomic E-state index is 10.8. The fourth-order valence-corrected chi connectivity index (χ4v) is 2.27. The molecule has 4 nitrogen and oxygen atoms in total. The van der Waals surface area contributed by atoms with Crippen LogP contribution in [0.2, 0.25) is 0 Å². The van der Waals surface area contributed by atoms with Crippen LogP contribution in [0.25, 0.3) is 0 Å². The third-order valence-corrected chi connectivity index (χ3v) is 3.33. The molecule has 0 aliphatic carbocycles. The molecule has 0 aliphatic rings. The lowest BCUT2D eigenvalue weighted by molar-refractivity contribution is 0.0695. The Balaban J connectivity index is 3.05. The summed E-state index contributed by atoms with van der Waals surface area (Å²) in [6.45, 7) is 4.15. The normalized spacial score (nSPS) is 10.9. The second-order valence-electron chi connectivity index (χ2n) is 3.07. The minimum atomic E-state index is -0.911. The highest BCUT2D eigenvalue weighted by Gasteiger charge is 2.17. The second-order valence-corrected chi connectivity index (χ2v) is 4.09. The largest absolute Gasteiger partial charge is 0.478 e. The number of hydrogen-bond donors (Lipinski definition) is 1. The Morgan fingerprint density at radius 3 is 2.57 bits per heavy atom. The summed E-state index contributed by atoms with van der Waals surface area (Å²) in [7, 11) is 0. The van der Waals surface area contributed by atoms with Gasteiger partial charge in [-0.2, -0.15) is 5.10 Å². The van der Waals surface area contributed by atoms with Crippen molar-refractivity contribution in [1.82, 2.24) is 9.78 Å². The second kappa shape index (κ2) is 4.77. The first-order chi connectivity index (χ1) is 6.61. The SMILES string of the molecule is CCC(CC)n1ncc(C(=O)O)c1I. The van der Waals surface area contributed by atoms with Gasteiger partial charge in [0.05, 0.1) is 12.2 Å². The quantitative estimate of drug-likeness (QED) is 0.870. The number of aromatic carboxylic acids is 1. The van der Waals surface area contributed by atoms with Crippen molar-refractivity contribution in [3.63, 3.8) is 0 Å². The van der Waals surface area contributed by atoms with E-state index in [0.29, 0.717) is 9.74 Å². The lowest BCUT2D eigenvalue weighted by Crippen LogP contribution is -2.11. The van der Waals surface area contributed by atoms with E-state index in [0.717, 1.165) is 12.8 Å². The predicted molar refractivity (Wildman–Crippen MR) is 61.5 cm³/mol. The highest BCUT2D eigenvalue weighted by atomic mass is 127. The van der Waals surface area contributed by atoms with Gasteiger partial charge in [0.1, 0.15) is 9.26 Å². The van der Waals surface area contributed by atoms with Gasteiger partial charge in [-0.1, -0.05) is 13.8 Å². The third kappa shape index (κ3) is 2.08. The van der Waals surface area contributed by atoms with Crippen LogP contribution in [0, 0.1) is 3.70 Å². The van der Waals surface area contributed by atoms with Crippen LogP contribution in [0.1, 0.15) is 43.1 Å². The van der Waals surface area contributed by atoms with E-state index in [2.05, 4.69) is 18.9 Å². The highest BCUT2D eigenvalue weighted by molar-refractivity contribution is 14.1. The Morgan fingerprint density at radius 1 is 1.64 bits per heavy atom. The van der Waals surface area contributed by atoms with Gasteiger partial charge in [-0.15, -0.1) is 0 Å². The molecule has 1 aromatic heterocycles. The summed E-state index contributed by atoms with van der Waals surface area (Å²) in [6, 6.07) is 0.301. The molecule has 1 rings (SSSR count). The molecule has 0 spiro atoms. The molecule has 78 valence electrons. The van der Waals surface area contributed by atoms with Gasteiger partial charge in [0, 0.05) is 0 Å². The molecule has 0 saturated carbocycles. The maximum atomic E-state index is 10.8. The first-order valence-corrected chi connectivity index (χ1v) is 5.65. The Bertz CT molecular complexity index is 332. The topological polar surface area (TPSA) is 55.1 Å². The van der Waals surface area contributed by atoms with Crippen molar-refractivity contribution in [3.05, 3.63) is 15.5 Å². The van der Waals surface area contributed by atoms with Crippen LogP contribution in [-0.4, -0.2) is 20.9 Å². The molecule has 1 N–H and O–H groups in total. The van der Waals surface area contributed by atoms with E-state index in [1.807, 2.05) is 22.6 Å². The number of halogens is 1. The Morgan fingerprint density at radius 2 is 2.21 bits per heavy atom. The molecular weight excluding hydrogens is 295 g/mol. The summed E-state index contributed by atoms with van der Waals surface area (Å²) in [5.41, 5.74) is 0.289. The summed E-state index contributed by atoms with van der Waals surface area (Å²) >= 11 is 2.03. The summed E-state index contributed by atoms with van der Waals surface area (Å²) in [6.07, 6.45) is 3.35. The summed E-state index contributed by atoms with van der Waals surface area (Å²) in [5.74, 6) is -0.911. The first-order valence-electron chi connectivity index (χ1n) is 4.58. The zero-order valence-electron chi connectivity index (χ0n) is 8.20. The molecular formula is C9H13IN2O2. The molecule has 5 heteroatoms. The van der Waals surface area contributed by atoms with Gasteiger partial charge in [0.2, 0.25) is 0 Å². The summed E-state index contributed by atoms with van der Waals surface area (Å²) in [5, 5.41) is 13.0. The Kier molecular flexibility index (Phi) is 3.91. The van der Waals surface area contributed by atoms with Crippen LogP contribution in [-0.2, 0) is 0 Å². The van der Waals surface area contributed by atoms with E-state index in [4.69, 9.17) is 5.11 Å². The molecule has 0 bridgehead atoms. The Hall–Kier alpha value is -0.590. The van der Waals surface area contributed by atoms with Crippen molar-refractivity contribution in [2.24, 2.45) is 0 Å². The van der Waals surface area contributed by atoms with Crippen LogP contribution in [0.4, 0.5) is 0 Å². The molecule has 0 aromatic carbocycles. The van der Waals surface area contributed by atoms with Gasteiger partial charge in [-0.05, 0) is 35.4 Å². The maximum Gasteiger partial charge on any atom is 0.340 e. The average molecular weight is 308 g/mol. The lowest BCUT2D eigenvalue weighted by atomic mass is 10.2. The van der Waals surface area contributed by atoms with Gasteiger partial charge < -0.3 is 5.11 Å². The summed E-state index contributed by atoms with van der Waals surface area (Å²) < 4.78 is 2.51. The number of carbonyl (C=O) groups is 1. The number of carboxylic acids is 1. The molecule has 0 unspecified atom stereocenters. The van der Waals surface area contributed by atoms with Gasteiger partial charge >= 0.3 is 5.97 Å². The van der Waals surface area contributed by atoms with Crippen molar-refractivity contribution in [1.29, 1.82) is 0 Å². The van der Waals surface area contributed by atoms with Crippen molar-refractivity contribution in [2.75, 3.05) is 0 Å². The molecule has 1 heterocycles. The molecule has 0 atom stereocenters. The molecule has 0 aliphatic heterocycles. The molecule has 0 saturated heterocycles. The minimum Gasteiger partial charge on any atom is -0.478 e. The van der Waals surface area contributed by atoms with Crippen molar-refractivity contribution in [3.8, 4) is 0 Å². The van der Waals surface area contributed by atoms with E-state index < -0.39 is 5.97 Å². The molecule has 1 aromatic rings. The number of rotatable bonds is 4. The molecule has 0 amide bonds. The predicted octanol–water partition coefficient (Wildman–Crippen LogP) is 2.55. The number of aromatic nitrogens is 2. The van der Waals surface area contributed by atoms with E-state index in [9.17, 15) is 4.79 Å². The first kappa shape index (κ1) is 11.5. The zero-order valence-corrected chi connectivity index (χ0v) is 10.4. The number of nitrogens with zero attached hydrogens (tertiary/aromatic N) is 2. The van der Waals surface area contributed by atoms with Crippen LogP contribution in [0.5, 0.6) is 0 Å².